The zero-order chi connectivity index (χ0) is 12.1. The van der Waals surface area contributed by atoms with Crippen molar-refractivity contribution in [1.29, 1.82) is 0 Å². The fourth-order valence-electron chi connectivity index (χ4n) is 1.89. The van der Waals surface area contributed by atoms with Crippen molar-refractivity contribution in [2.45, 2.75) is 32.5 Å². The van der Waals surface area contributed by atoms with E-state index in [2.05, 4.69) is 0 Å². The van der Waals surface area contributed by atoms with Gasteiger partial charge in [-0.15, -0.1) is 0 Å². The molecule has 0 aromatic heterocycles. The van der Waals surface area contributed by atoms with Gasteiger partial charge in [-0.1, -0.05) is 24.3 Å². The Morgan fingerprint density at radius 1 is 1.29 bits per heavy atom. The fourth-order valence-corrected chi connectivity index (χ4v) is 1.89. The van der Waals surface area contributed by atoms with E-state index in [0.29, 0.717) is 12.7 Å². The van der Waals surface area contributed by atoms with Gasteiger partial charge in [0.25, 0.3) is 0 Å². The molecule has 1 saturated heterocycles. The second-order valence-electron chi connectivity index (χ2n) is 4.38. The van der Waals surface area contributed by atoms with Crippen LogP contribution < -0.4 is 0 Å². The van der Waals surface area contributed by atoms with E-state index in [1.807, 2.05) is 24.3 Å². The lowest BCUT2D eigenvalue weighted by Gasteiger charge is -2.22. The summed E-state index contributed by atoms with van der Waals surface area (Å²) in [7, 11) is 0. The molecule has 17 heavy (non-hydrogen) atoms. The molecule has 1 aromatic rings. The van der Waals surface area contributed by atoms with Crippen molar-refractivity contribution in [2.75, 3.05) is 13.2 Å². The van der Waals surface area contributed by atoms with Crippen molar-refractivity contribution in [3.05, 3.63) is 35.4 Å². The van der Waals surface area contributed by atoms with Crippen LogP contribution in [0.15, 0.2) is 24.3 Å². The van der Waals surface area contributed by atoms with Gasteiger partial charge in [-0.25, -0.2) is 0 Å². The van der Waals surface area contributed by atoms with Gasteiger partial charge in [0.15, 0.2) is 5.78 Å². The van der Waals surface area contributed by atoms with Crippen molar-refractivity contribution < 1.29 is 14.3 Å². The maximum Gasteiger partial charge on any atom is 0.159 e. The van der Waals surface area contributed by atoms with E-state index in [9.17, 15) is 4.79 Å². The molecule has 0 amide bonds. The zero-order valence-corrected chi connectivity index (χ0v) is 10.1. The Balaban J connectivity index is 1.84. The largest absolute Gasteiger partial charge is 0.381 e. The smallest absolute Gasteiger partial charge is 0.159 e. The number of rotatable bonds is 4. The average Bonchev–Trinajstić information content (AvgIpc) is 2.38. The molecular weight excluding hydrogens is 216 g/mol. The molecule has 0 atom stereocenters. The van der Waals surface area contributed by atoms with Gasteiger partial charge in [0.05, 0.1) is 12.7 Å². The third-order valence-corrected chi connectivity index (χ3v) is 3.01. The van der Waals surface area contributed by atoms with Gasteiger partial charge in [-0.05, 0) is 25.3 Å². The van der Waals surface area contributed by atoms with Gasteiger partial charge in [0.2, 0.25) is 0 Å². The van der Waals surface area contributed by atoms with Crippen molar-refractivity contribution in [3.8, 4) is 0 Å². The van der Waals surface area contributed by atoms with Crippen LogP contribution in [0.2, 0.25) is 0 Å². The first kappa shape index (κ1) is 12.3. The first-order valence-corrected chi connectivity index (χ1v) is 6.05. The third-order valence-electron chi connectivity index (χ3n) is 3.01. The maximum atomic E-state index is 11.1. The highest BCUT2D eigenvalue weighted by Gasteiger charge is 2.13. The Bertz CT molecular complexity index is 364. The minimum atomic E-state index is 0.0990. The monoisotopic (exact) mass is 234 g/mol. The Morgan fingerprint density at radius 2 is 1.94 bits per heavy atom. The highest BCUT2D eigenvalue weighted by Crippen LogP contribution is 2.14. The number of Topliss-reactive ketones (excluding diaryl/α,β-unsaturated/α-hetero) is 1. The van der Waals surface area contributed by atoms with Crippen LogP contribution in [0.25, 0.3) is 0 Å². The van der Waals surface area contributed by atoms with Gasteiger partial charge in [-0.2, -0.15) is 0 Å². The predicted octanol–water partition coefficient (Wildman–Crippen LogP) is 2.58. The van der Waals surface area contributed by atoms with E-state index < -0.39 is 0 Å². The van der Waals surface area contributed by atoms with Crippen molar-refractivity contribution in [2.24, 2.45) is 0 Å². The quantitative estimate of drug-likeness (QED) is 0.751. The van der Waals surface area contributed by atoms with Gasteiger partial charge < -0.3 is 9.47 Å². The van der Waals surface area contributed by atoms with Crippen LogP contribution in [0.4, 0.5) is 0 Å². The topological polar surface area (TPSA) is 35.5 Å². The maximum absolute atomic E-state index is 11.1. The van der Waals surface area contributed by atoms with Gasteiger partial charge >= 0.3 is 0 Å². The Kier molecular flexibility index (Phi) is 4.29. The molecule has 0 aliphatic carbocycles. The lowest BCUT2D eigenvalue weighted by Crippen LogP contribution is -2.23. The highest BCUT2D eigenvalue weighted by molar-refractivity contribution is 5.93. The van der Waals surface area contributed by atoms with Crippen LogP contribution in [0.5, 0.6) is 0 Å². The normalized spacial score (nSPS) is 17.0. The van der Waals surface area contributed by atoms with E-state index in [4.69, 9.17) is 9.47 Å². The molecule has 0 saturated carbocycles. The first-order chi connectivity index (χ1) is 8.25. The van der Waals surface area contributed by atoms with E-state index in [1.165, 1.54) is 0 Å². The average molecular weight is 234 g/mol. The summed E-state index contributed by atoms with van der Waals surface area (Å²) in [6.45, 7) is 3.79. The molecule has 1 aliphatic rings. The Labute approximate surface area is 102 Å². The van der Waals surface area contributed by atoms with E-state index >= 15 is 0 Å². The molecule has 1 aromatic carbocycles. The van der Waals surface area contributed by atoms with Crippen LogP contribution in [0.3, 0.4) is 0 Å². The molecule has 92 valence electrons. The molecule has 1 aliphatic heterocycles. The molecule has 0 radical (unpaired) electrons. The molecule has 3 heteroatoms. The summed E-state index contributed by atoms with van der Waals surface area (Å²) in [4.78, 5) is 11.1. The summed E-state index contributed by atoms with van der Waals surface area (Å²) in [5.41, 5.74) is 1.86. The van der Waals surface area contributed by atoms with Gasteiger partial charge in [0.1, 0.15) is 0 Å². The Hall–Kier alpha value is -1.19. The zero-order valence-electron chi connectivity index (χ0n) is 10.1. The summed E-state index contributed by atoms with van der Waals surface area (Å²) in [5.74, 6) is 0.0990. The SMILES string of the molecule is CC(=O)c1ccc(COC2CCOCC2)cc1. The van der Waals surface area contributed by atoms with Crippen LogP contribution >= 0.6 is 0 Å². The van der Waals surface area contributed by atoms with Gasteiger partial charge in [-0.3, -0.25) is 4.79 Å². The molecule has 0 N–H and O–H groups in total. The summed E-state index contributed by atoms with van der Waals surface area (Å²) < 4.78 is 11.1. The second-order valence-corrected chi connectivity index (χ2v) is 4.38. The third kappa shape index (κ3) is 3.65. The number of carbonyl (C=O) groups excluding carboxylic acids is 1. The molecule has 3 nitrogen and oxygen atoms in total. The van der Waals surface area contributed by atoms with Gasteiger partial charge in [0, 0.05) is 18.8 Å². The number of hydrogen-bond donors (Lipinski definition) is 0. The number of benzene rings is 1. The molecule has 1 heterocycles. The van der Waals surface area contributed by atoms with Crippen LogP contribution in [0.1, 0.15) is 35.7 Å². The number of ether oxygens (including phenoxy) is 2. The molecule has 1 fully saturated rings. The molecular formula is C14H18O3. The lowest BCUT2D eigenvalue weighted by atomic mass is 10.1. The first-order valence-electron chi connectivity index (χ1n) is 6.05. The number of ketones is 1. The Morgan fingerprint density at radius 3 is 2.53 bits per heavy atom. The highest BCUT2D eigenvalue weighted by atomic mass is 16.5. The van der Waals surface area contributed by atoms with Crippen molar-refractivity contribution in [3.63, 3.8) is 0 Å². The minimum Gasteiger partial charge on any atom is -0.381 e. The summed E-state index contributed by atoms with van der Waals surface area (Å²) >= 11 is 0. The fraction of sp³-hybridized carbons (Fsp3) is 0.500. The molecule has 0 unspecified atom stereocenters. The van der Waals surface area contributed by atoms with Crippen molar-refractivity contribution >= 4 is 5.78 Å². The molecule has 0 spiro atoms. The number of carbonyl (C=O) groups is 1. The predicted molar refractivity (Wildman–Crippen MR) is 65.1 cm³/mol. The van der Waals surface area contributed by atoms with Crippen LogP contribution in [0, 0.1) is 0 Å². The lowest BCUT2D eigenvalue weighted by molar-refractivity contribution is -0.0390. The second kappa shape index (κ2) is 5.94. The van der Waals surface area contributed by atoms with Crippen LogP contribution in [-0.2, 0) is 16.1 Å². The van der Waals surface area contributed by atoms with E-state index in [1.54, 1.807) is 6.92 Å². The summed E-state index contributed by atoms with van der Waals surface area (Å²) in [6, 6.07) is 7.61. The number of hydrogen-bond acceptors (Lipinski definition) is 3. The van der Waals surface area contributed by atoms with Crippen LogP contribution in [-0.4, -0.2) is 25.1 Å². The standard InChI is InChI=1S/C14H18O3/c1-11(15)13-4-2-12(3-5-13)10-17-14-6-8-16-9-7-14/h2-5,14H,6-10H2,1H3. The van der Waals surface area contributed by atoms with E-state index in [0.717, 1.165) is 37.2 Å². The van der Waals surface area contributed by atoms with Crippen molar-refractivity contribution in [1.82, 2.24) is 0 Å². The summed E-state index contributed by atoms with van der Waals surface area (Å²) in [6.07, 6.45) is 2.27. The minimum absolute atomic E-state index is 0.0990. The molecule has 2 rings (SSSR count). The molecule has 0 bridgehead atoms. The summed E-state index contributed by atoms with van der Waals surface area (Å²) in [5, 5.41) is 0. The van der Waals surface area contributed by atoms with E-state index in [-0.39, 0.29) is 5.78 Å².